The zero-order chi connectivity index (χ0) is 18.2. The highest BCUT2D eigenvalue weighted by molar-refractivity contribution is 5.97. The summed E-state index contributed by atoms with van der Waals surface area (Å²) in [6.07, 6.45) is 3.78. The number of carbonyl (C=O) groups is 3. The molecule has 136 valence electrons. The fourth-order valence-corrected chi connectivity index (χ4v) is 3.02. The Kier molecular flexibility index (Phi) is 6.81. The second kappa shape index (κ2) is 9.06. The Morgan fingerprint density at radius 3 is 2.44 bits per heavy atom. The highest BCUT2D eigenvalue weighted by Gasteiger charge is 2.24. The van der Waals surface area contributed by atoms with Gasteiger partial charge < -0.3 is 20.0 Å². The van der Waals surface area contributed by atoms with Gasteiger partial charge in [-0.1, -0.05) is 0 Å². The second-order valence-electron chi connectivity index (χ2n) is 6.26. The minimum Gasteiger partial charge on any atom is -0.390 e. The molecular formula is C17H25N5O3. The summed E-state index contributed by atoms with van der Waals surface area (Å²) in [4.78, 5) is 40.3. The van der Waals surface area contributed by atoms with Crippen LogP contribution in [0.5, 0.6) is 0 Å². The SMILES string of the molecule is CC(=O)N1CCN(C(=O)/C(C#N)=C\NCCCN2CCCC2=O)CC1. The summed E-state index contributed by atoms with van der Waals surface area (Å²) in [7, 11) is 0. The molecule has 0 unspecified atom stereocenters. The molecule has 0 saturated carbocycles. The summed E-state index contributed by atoms with van der Waals surface area (Å²) >= 11 is 0. The molecule has 25 heavy (non-hydrogen) atoms. The molecule has 3 amide bonds. The number of hydrogen-bond donors (Lipinski definition) is 1. The zero-order valence-corrected chi connectivity index (χ0v) is 14.7. The average molecular weight is 347 g/mol. The van der Waals surface area contributed by atoms with Crippen molar-refractivity contribution < 1.29 is 14.4 Å². The summed E-state index contributed by atoms with van der Waals surface area (Å²) in [5, 5.41) is 12.2. The quantitative estimate of drug-likeness (QED) is 0.404. The maximum atomic E-state index is 12.4. The van der Waals surface area contributed by atoms with Crippen molar-refractivity contribution in [2.24, 2.45) is 0 Å². The lowest BCUT2D eigenvalue weighted by molar-refractivity contribution is -0.136. The fraction of sp³-hybridized carbons (Fsp3) is 0.647. The van der Waals surface area contributed by atoms with E-state index in [1.807, 2.05) is 11.0 Å². The van der Waals surface area contributed by atoms with E-state index in [-0.39, 0.29) is 23.3 Å². The van der Waals surface area contributed by atoms with E-state index in [1.54, 1.807) is 9.80 Å². The minimum absolute atomic E-state index is 0.00120. The summed E-state index contributed by atoms with van der Waals surface area (Å²) in [6.45, 7) is 5.50. The predicted molar refractivity (Wildman–Crippen MR) is 91.0 cm³/mol. The minimum atomic E-state index is -0.312. The number of hydrogen-bond acceptors (Lipinski definition) is 5. The molecule has 8 nitrogen and oxygen atoms in total. The van der Waals surface area contributed by atoms with E-state index in [9.17, 15) is 19.6 Å². The molecule has 0 atom stereocenters. The van der Waals surface area contributed by atoms with Crippen LogP contribution in [-0.4, -0.2) is 78.2 Å². The summed E-state index contributed by atoms with van der Waals surface area (Å²) < 4.78 is 0. The third-order valence-electron chi connectivity index (χ3n) is 4.53. The van der Waals surface area contributed by atoms with E-state index in [4.69, 9.17) is 0 Å². The van der Waals surface area contributed by atoms with Gasteiger partial charge >= 0.3 is 0 Å². The largest absolute Gasteiger partial charge is 0.390 e. The lowest BCUT2D eigenvalue weighted by Crippen LogP contribution is -2.50. The van der Waals surface area contributed by atoms with E-state index in [1.165, 1.54) is 13.1 Å². The van der Waals surface area contributed by atoms with Gasteiger partial charge in [-0.15, -0.1) is 0 Å². The first-order valence-corrected chi connectivity index (χ1v) is 8.69. The van der Waals surface area contributed by atoms with Crippen LogP contribution in [0, 0.1) is 11.3 Å². The van der Waals surface area contributed by atoms with Crippen LogP contribution >= 0.6 is 0 Å². The highest BCUT2D eigenvalue weighted by atomic mass is 16.2. The third-order valence-corrected chi connectivity index (χ3v) is 4.53. The van der Waals surface area contributed by atoms with Crippen molar-refractivity contribution in [2.45, 2.75) is 26.2 Å². The van der Waals surface area contributed by atoms with Crippen LogP contribution in [0.3, 0.4) is 0 Å². The molecule has 2 fully saturated rings. The normalized spacial score (nSPS) is 18.3. The molecule has 0 aromatic heterocycles. The number of nitrogens with one attached hydrogen (secondary N) is 1. The van der Waals surface area contributed by atoms with Crippen LogP contribution in [0.15, 0.2) is 11.8 Å². The van der Waals surface area contributed by atoms with Gasteiger partial charge in [-0.25, -0.2) is 0 Å². The smallest absolute Gasteiger partial charge is 0.266 e. The molecule has 0 aromatic rings. The molecule has 0 spiro atoms. The lowest BCUT2D eigenvalue weighted by atomic mass is 10.2. The Morgan fingerprint density at radius 1 is 1.20 bits per heavy atom. The molecule has 0 radical (unpaired) electrons. The molecule has 2 rings (SSSR count). The van der Waals surface area contributed by atoms with Crippen molar-refractivity contribution in [1.82, 2.24) is 20.0 Å². The van der Waals surface area contributed by atoms with Crippen LogP contribution in [0.25, 0.3) is 0 Å². The predicted octanol–water partition coefficient (Wildman–Crippen LogP) is -0.313. The Labute approximate surface area is 148 Å². The number of nitrogens with zero attached hydrogens (tertiary/aromatic N) is 4. The van der Waals surface area contributed by atoms with E-state index < -0.39 is 0 Å². The van der Waals surface area contributed by atoms with Crippen molar-refractivity contribution in [3.8, 4) is 6.07 Å². The van der Waals surface area contributed by atoms with Gasteiger partial charge in [0.15, 0.2) is 0 Å². The Morgan fingerprint density at radius 2 is 1.88 bits per heavy atom. The monoisotopic (exact) mass is 347 g/mol. The number of amides is 3. The molecule has 2 heterocycles. The van der Waals surface area contributed by atoms with Crippen LogP contribution in [0.2, 0.25) is 0 Å². The molecule has 1 N–H and O–H groups in total. The molecule has 0 aliphatic carbocycles. The maximum Gasteiger partial charge on any atom is 0.266 e. The van der Waals surface area contributed by atoms with Crippen molar-refractivity contribution >= 4 is 17.7 Å². The number of rotatable bonds is 6. The van der Waals surface area contributed by atoms with E-state index in [0.29, 0.717) is 45.7 Å². The Balaban J connectivity index is 1.74. The fourth-order valence-electron chi connectivity index (χ4n) is 3.02. The second-order valence-corrected chi connectivity index (χ2v) is 6.26. The standard InChI is InChI=1S/C17H25N5O3/c1-14(23)20-8-10-22(11-9-20)17(25)15(12-18)13-19-5-3-7-21-6-2-4-16(21)24/h13,19H,2-11H2,1H3/b15-13-. The van der Waals surface area contributed by atoms with Gasteiger partial charge in [0.1, 0.15) is 11.6 Å². The first-order chi connectivity index (χ1) is 12.0. The van der Waals surface area contributed by atoms with Crippen LogP contribution in [-0.2, 0) is 14.4 Å². The maximum absolute atomic E-state index is 12.4. The highest BCUT2D eigenvalue weighted by Crippen LogP contribution is 2.09. The van der Waals surface area contributed by atoms with Gasteiger partial charge in [0.25, 0.3) is 5.91 Å². The van der Waals surface area contributed by atoms with Crippen molar-refractivity contribution in [3.63, 3.8) is 0 Å². The van der Waals surface area contributed by atoms with E-state index in [0.717, 1.165) is 19.4 Å². The van der Waals surface area contributed by atoms with Gasteiger partial charge in [0.05, 0.1) is 0 Å². The molecule has 0 aromatic carbocycles. The lowest BCUT2D eigenvalue weighted by Gasteiger charge is -2.34. The number of piperazine rings is 1. The number of carbonyl (C=O) groups excluding carboxylic acids is 3. The first kappa shape index (κ1) is 18.8. The van der Waals surface area contributed by atoms with Crippen LogP contribution < -0.4 is 5.32 Å². The van der Waals surface area contributed by atoms with Crippen molar-refractivity contribution in [3.05, 3.63) is 11.8 Å². The van der Waals surface area contributed by atoms with E-state index in [2.05, 4.69) is 5.32 Å². The average Bonchev–Trinajstić information content (AvgIpc) is 3.02. The van der Waals surface area contributed by atoms with Gasteiger partial charge in [0.2, 0.25) is 11.8 Å². The molecular weight excluding hydrogens is 322 g/mol. The molecule has 2 aliphatic rings. The summed E-state index contributed by atoms with van der Waals surface area (Å²) in [6, 6.07) is 1.93. The summed E-state index contributed by atoms with van der Waals surface area (Å²) in [5.74, 6) is -0.109. The van der Waals surface area contributed by atoms with Gasteiger partial charge in [-0.2, -0.15) is 5.26 Å². The molecule has 2 saturated heterocycles. The van der Waals surface area contributed by atoms with Crippen LogP contribution in [0.4, 0.5) is 0 Å². The molecule has 8 heteroatoms. The Hall–Kier alpha value is -2.56. The molecule has 0 bridgehead atoms. The summed E-state index contributed by atoms with van der Waals surface area (Å²) in [5.41, 5.74) is 0.0634. The van der Waals surface area contributed by atoms with Gasteiger partial charge in [-0.05, 0) is 12.8 Å². The number of likely N-dealkylation sites (tertiary alicyclic amines) is 1. The van der Waals surface area contributed by atoms with Gasteiger partial charge in [0, 0.05) is 65.4 Å². The zero-order valence-electron chi connectivity index (χ0n) is 14.7. The van der Waals surface area contributed by atoms with Crippen molar-refractivity contribution in [2.75, 3.05) is 45.8 Å². The number of nitriles is 1. The van der Waals surface area contributed by atoms with E-state index >= 15 is 0 Å². The first-order valence-electron chi connectivity index (χ1n) is 8.69. The molecule has 2 aliphatic heterocycles. The Bertz CT molecular complexity index is 588. The topological polar surface area (TPSA) is 96.8 Å². The third kappa shape index (κ3) is 5.21. The van der Waals surface area contributed by atoms with Crippen molar-refractivity contribution in [1.29, 1.82) is 5.26 Å². The van der Waals surface area contributed by atoms with Gasteiger partial charge in [-0.3, -0.25) is 14.4 Å². The van der Waals surface area contributed by atoms with Crippen LogP contribution in [0.1, 0.15) is 26.2 Å².